The molecule has 116 valence electrons. The van der Waals surface area contributed by atoms with Crippen molar-refractivity contribution in [1.29, 1.82) is 0 Å². The molecular formula is C19H22O2S. The molecule has 2 rings (SSSR count). The normalized spacial score (nSPS) is 10.4. The zero-order valence-electron chi connectivity index (χ0n) is 13.0. The molecule has 2 aromatic carbocycles. The summed E-state index contributed by atoms with van der Waals surface area (Å²) in [7, 11) is 0. The van der Waals surface area contributed by atoms with Crippen LogP contribution in [-0.4, -0.2) is 18.1 Å². The average Bonchev–Trinajstić information content (AvgIpc) is 2.58. The summed E-state index contributed by atoms with van der Waals surface area (Å²) in [6, 6.07) is 17.8. The molecule has 0 aliphatic carbocycles. The number of unbranched alkanes of at least 4 members (excludes halogenated alkanes) is 1. The van der Waals surface area contributed by atoms with Gasteiger partial charge in [0.2, 0.25) is 0 Å². The van der Waals surface area contributed by atoms with Gasteiger partial charge in [-0.15, -0.1) is 11.8 Å². The van der Waals surface area contributed by atoms with Crippen LogP contribution in [-0.2, 0) is 0 Å². The Morgan fingerprint density at radius 1 is 1.00 bits per heavy atom. The maximum absolute atomic E-state index is 11.6. The summed E-state index contributed by atoms with van der Waals surface area (Å²) in [5.41, 5.74) is 0.808. The van der Waals surface area contributed by atoms with E-state index in [2.05, 4.69) is 0 Å². The molecule has 0 heterocycles. The molecule has 0 unspecified atom stereocenters. The van der Waals surface area contributed by atoms with E-state index >= 15 is 0 Å². The van der Waals surface area contributed by atoms with Crippen LogP contribution in [0.3, 0.4) is 0 Å². The molecule has 3 heteroatoms. The van der Waals surface area contributed by atoms with Crippen LogP contribution in [0.5, 0.6) is 5.75 Å². The summed E-state index contributed by atoms with van der Waals surface area (Å²) < 4.78 is 5.67. The lowest BCUT2D eigenvalue weighted by molar-refractivity contribution is 0.0988. The summed E-state index contributed by atoms with van der Waals surface area (Å²) in [5, 5.41) is 0. The van der Waals surface area contributed by atoms with Gasteiger partial charge in [0.15, 0.2) is 5.78 Å². The molecule has 0 bridgehead atoms. The van der Waals surface area contributed by atoms with Crippen LogP contribution in [0.25, 0.3) is 0 Å². The number of Topliss-reactive ketones (excluding diaryl/α,β-unsaturated/α-hetero) is 1. The Balaban J connectivity index is 1.61. The van der Waals surface area contributed by atoms with Gasteiger partial charge in [0.1, 0.15) is 5.75 Å². The zero-order valence-corrected chi connectivity index (χ0v) is 13.8. The van der Waals surface area contributed by atoms with Crippen molar-refractivity contribution in [2.75, 3.05) is 12.4 Å². The van der Waals surface area contributed by atoms with Crippen molar-refractivity contribution in [3.63, 3.8) is 0 Å². The molecule has 22 heavy (non-hydrogen) atoms. The van der Waals surface area contributed by atoms with E-state index < -0.39 is 0 Å². The van der Waals surface area contributed by atoms with E-state index in [1.54, 1.807) is 0 Å². The molecule has 0 spiro atoms. The Kier molecular flexibility index (Phi) is 7.04. The minimum absolute atomic E-state index is 0.203. The van der Waals surface area contributed by atoms with Gasteiger partial charge in [-0.25, -0.2) is 0 Å². The predicted molar refractivity (Wildman–Crippen MR) is 93.0 cm³/mol. The maximum atomic E-state index is 11.6. The highest BCUT2D eigenvalue weighted by Gasteiger charge is 2.02. The first kappa shape index (κ1) is 16.6. The third-order valence-corrected chi connectivity index (χ3v) is 4.42. The Labute approximate surface area is 136 Å². The minimum atomic E-state index is 0.203. The number of carbonyl (C=O) groups is 1. The van der Waals surface area contributed by atoms with Gasteiger partial charge in [-0.3, -0.25) is 4.79 Å². The van der Waals surface area contributed by atoms with Crippen LogP contribution >= 0.6 is 11.8 Å². The minimum Gasteiger partial charge on any atom is -0.494 e. The molecule has 0 fully saturated rings. The van der Waals surface area contributed by atoms with Crippen LogP contribution in [0.2, 0.25) is 0 Å². The van der Waals surface area contributed by atoms with Crippen LogP contribution in [0.15, 0.2) is 59.5 Å². The van der Waals surface area contributed by atoms with Crippen molar-refractivity contribution in [1.82, 2.24) is 0 Å². The van der Waals surface area contributed by atoms with Crippen molar-refractivity contribution in [2.24, 2.45) is 0 Å². The fourth-order valence-electron chi connectivity index (χ4n) is 2.04. The maximum Gasteiger partial charge on any atom is 0.162 e. The van der Waals surface area contributed by atoms with Crippen molar-refractivity contribution < 1.29 is 9.53 Å². The topological polar surface area (TPSA) is 26.3 Å². The van der Waals surface area contributed by atoms with Gasteiger partial charge in [-0.1, -0.05) is 37.3 Å². The quantitative estimate of drug-likeness (QED) is 0.360. The third kappa shape index (κ3) is 5.57. The lowest BCUT2D eigenvalue weighted by Gasteiger charge is -2.06. The summed E-state index contributed by atoms with van der Waals surface area (Å²) >= 11 is 1.83. The van der Waals surface area contributed by atoms with E-state index in [-0.39, 0.29) is 5.78 Å². The summed E-state index contributed by atoms with van der Waals surface area (Å²) in [6.07, 6.45) is 2.73. The van der Waals surface area contributed by atoms with Gasteiger partial charge in [-0.05, 0) is 42.9 Å². The Bertz CT molecular complexity index is 564. The molecule has 0 saturated heterocycles. The number of ketones is 1. The SMILES string of the molecule is CCC(=O)c1ccc(SCCCCOc2ccccc2)cc1. The van der Waals surface area contributed by atoms with Crippen LogP contribution in [0.1, 0.15) is 36.5 Å². The van der Waals surface area contributed by atoms with Crippen LogP contribution in [0, 0.1) is 0 Å². The average molecular weight is 314 g/mol. The zero-order chi connectivity index (χ0) is 15.6. The first-order chi connectivity index (χ1) is 10.8. The fraction of sp³-hybridized carbons (Fsp3) is 0.316. The molecule has 0 N–H and O–H groups in total. The standard InChI is InChI=1S/C19H22O2S/c1-2-19(20)16-10-12-18(13-11-16)22-15-7-6-14-21-17-8-4-3-5-9-17/h3-5,8-13H,2,6-7,14-15H2,1H3. The van der Waals surface area contributed by atoms with Gasteiger partial charge in [0, 0.05) is 16.9 Å². The first-order valence-electron chi connectivity index (χ1n) is 7.73. The first-order valence-corrected chi connectivity index (χ1v) is 8.72. The summed E-state index contributed by atoms with van der Waals surface area (Å²) in [5.74, 6) is 2.21. The van der Waals surface area contributed by atoms with E-state index in [1.807, 2.05) is 73.3 Å². The van der Waals surface area contributed by atoms with Crippen LogP contribution in [0.4, 0.5) is 0 Å². The largest absolute Gasteiger partial charge is 0.494 e. The highest BCUT2D eigenvalue weighted by atomic mass is 32.2. The van der Waals surface area contributed by atoms with E-state index in [9.17, 15) is 4.79 Å². The second kappa shape index (κ2) is 9.31. The van der Waals surface area contributed by atoms with Crippen molar-refractivity contribution >= 4 is 17.5 Å². The van der Waals surface area contributed by atoms with E-state index in [0.717, 1.165) is 36.5 Å². The monoisotopic (exact) mass is 314 g/mol. The molecule has 0 aliphatic heterocycles. The number of hydrogen-bond donors (Lipinski definition) is 0. The van der Waals surface area contributed by atoms with Crippen molar-refractivity contribution in [2.45, 2.75) is 31.1 Å². The van der Waals surface area contributed by atoms with Crippen molar-refractivity contribution in [3.8, 4) is 5.75 Å². The second-order valence-corrected chi connectivity index (χ2v) is 6.19. The highest BCUT2D eigenvalue weighted by molar-refractivity contribution is 7.99. The van der Waals surface area contributed by atoms with E-state index in [4.69, 9.17) is 4.74 Å². The van der Waals surface area contributed by atoms with E-state index in [1.165, 1.54) is 4.90 Å². The second-order valence-electron chi connectivity index (χ2n) is 5.02. The smallest absolute Gasteiger partial charge is 0.162 e. The molecule has 0 radical (unpaired) electrons. The third-order valence-electron chi connectivity index (χ3n) is 3.32. The number of benzene rings is 2. The van der Waals surface area contributed by atoms with Crippen LogP contribution < -0.4 is 4.74 Å². The number of carbonyl (C=O) groups excluding carboxylic acids is 1. The number of rotatable bonds is 9. The Hall–Kier alpha value is -1.74. The molecule has 0 aromatic heterocycles. The Morgan fingerprint density at radius 3 is 2.41 bits per heavy atom. The summed E-state index contributed by atoms with van der Waals surface area (Å²) in [4.78, 5) is 12.8. The molecule has 2 aromatic rings. The number of para-hydroxylation sites is 1. The number of thioether (sulfide) groups is 1. The summed E-state index contributed by atoms with van der Waals surface area (Å²) in [6.45, 7) is 2.65. The lowest BCUT2D eigenvalue weighted by Crippen LogP contribution is -1.97. The Morgan fingerprint density at radius 2 is 1.73 bits per heavy atom. The van der Waals surface area contributed by atoms with Crippen molar-refractivity contribution in [3.05, 3.63) is 60.2 Å². The molecular weight excluding hydrogens is 292 g/mol. The van der Waals surface area contributed by atoms with Gasteiger partial charge in [0.25, 0.3) is 0 Å². The molecule has 0 atom stereocenters. The predicted octanol–water partition coefficient (Wildman–Crippen LogP) is 5.23. The van der Waals surface area contributed by atoms with Gasteiger partial charge in [0.05, 0.1) is 6.61 Å². The molecule has 2 nitrogen and oxygen atoms in total. The van der Waals surface area contributed by atoms with Gasteiger partial charge < -0.3 is 4.74 Å². The lowest BCUT2D eigenvalue weighted by atomic mass is 10.1. The number of hydrogen-bond acceptors (Lipinski definition) is 3. The fourth-order valence-corrected chi connectivity index (χ4v) is 2.95. The molecule has 0 saturated carbocycles. The van der Waals surface area contributed by atoms with Gasteiger partial charge >= 0.3 is 0 Å². The number of ether oxygens (including phenoxy) is 1. The highest BCUT2D eigenvalue weighted by Crippen LogP contribution is 2.20. The molecule has 0 aliphatic rings. The van der Waals surface area contributed by atoms with E-state index in [0.29, 0.717) is 6.42 Å². The van der Waals surface area contributed by atoms with Gasteiger partial charge in [-0.2, -0.15) is 0 Å². The molecule has 0 amide bonds.